The number of nitrogens with zero attached hydrogens (tertiary/aromatic N) is 2. The maximum absolute atomic E-state index is 4.61. The SMILES string of the molecule is CCCNc1nc(Cc2ccc(Br)cc2)nc(C)c1Br. The van der Waals surface area contributed by atoms with Gasteiger partial charge in [-0.2, -0.15) is 0 Å². The molecule has 2 rings (SSSR count). The van der Waals surface area contributed by atoms with Gasteiger partial charge in [0.2, 0.25) is 0 Å². The molecular weight excluding hydrogens is 382 g/mol. The fraction of sp³-hybridized carbons (Fsp3) is 0.333. The third kappa shape index (κ3) is 4.03. The Balaban J connectivity index is 2.23. The van der Waals surface area contributed by atoms with Gasteiger partial charge in [-0.1, -0.05) is 35.0 Å². The van der Waals surface area contributed by atoms with Crippen molar-refractivity contribution in [3.63, 3.8) is 0 Å². The van der Waals surface area contributed by atoms with Crippen molar-refractivity contribution in [1.82, 2.24) is 9.97 Å². The number of halogens is 2. The van der Waals surface area contributed by atoms with E-state index in [0.29, 0.717) is 0 Å². The van der Waals surface area contributed by atoms with Crippen molar-refractivity contribution in [2.45, 2.75) is 26.7 Å². The topological polar surface area (TPSA) is 37.8 Å². The molecule has 0 aliphatic heterocycles. The minimum absolute atomic E-state index is 0.738. The second-order valence-corrected chi connectivity index (χ2v) is 6.33. The van der Waals surface area contributed by atoms with Crippen LogP contribution in [0.1, 0.15) is 30.4 Å². The molecule has 0 aliphatic carbocycles. The van der Waals surface area contributed by atoms with Crippen LogP contribution in [0.5, 0.6) is 0 Å². The Bertz CT molecular complexity index is 582. The number of anilines is 1. The largest absolute Gasteiger partial charge is 0.369 e. The second kappa shape index (κ2) is 7.18. The first-order valence-corrected chi connectivity index (χ1v) is 8.20. The number of aromatic nitrogens is 2. The van der Waals surface area contributed by atoms with E-state index in [1.807, 2.05) is 19.1 Å². The maximum Gasteiger partial charge on any atom is 0.144 e. The molecule has 0 fully saturated rings. The zero-order valence-electron chi connectivity index (χ0n) is 11.6. The van der Waals surface area contributed by atoms with Gasteiger partial charge in [-0.05, 0) is 47.0 Å². The molecule has 0 amide bonds. The number of hydrogen-bond donors (Lipinski definition) is 1. The summed E-state index contributed by atoms with van der Waals surface area (Å²) in [5, 5.41) is 3.33. The van der Waals surface area contributed by atoms with Gasteiger partial charge in [0.1, 0.15) is 11.6 Å². The lowest BCUT2D eigenvalue weighted by Crippen LogP contribution is -2.08. The van der Waals surface area contributed by atoms with Gasteiger partial charge >= 0.3 is 0 Å². The highest BCUT2D eigenvalue weighted by atomic mass is 79.9. The molecule has 0 bridgehead atoms. The smallest absolute Gasteiger partial charge is 0.144 e. The zero-order chi connectivity index (χ0) is 14.5. The monoisotopic (exact) mass is 397 g/mol. The van der Waals surface area contributed by atoms with Crippen molar-refractivity contribution in [2.75, 3.05) is 11.9 Å². The number of hydrogen-bond acceptors (Lipinski definition) is 3. The average Bonchev–Trinajstić information content (AvgIpc) is 2.43. The molecule has 0 unspecified atom stereocenters. The predicted octanol–water partition coefficient (Wildman–Crippen LogP) is 4.72. The summed E-state index contributed by atoms with van der Waals surface area (Å²) < 4.78 is 2.03. The van der Waals surface area contributed by atoms with Crippen LogP contribution in [0.15, 0.2) is 33.2 Å². The lowest BCUT2D eigenvalue weighted by atomic mass is 10.1. The summed E-state index contributed by atoms with van der Waals surface area (Å²) in [6, 6.07) is 8.25. The molecule has 0 aliphatic rings. The molecule has 1 aromatic carbocycles. The van der Waals surface area contributed by atoms with Gasteiger partial charge in [0.15, 0.2) is 0 Å². The second-order valence-electron chi connectivity index (χ2n) is 4.62. The molecule has 0 radical (unpaired) electrons. The Labute approximate surface area is 136 Å². The maximum atomic E-state index is 4.61. The molecule has 1 N–H and O–H groups in total. The summed E-state index contributed by atoms with van der Waals surface area (Å²) in [6.45, 7) is 5.04. The Hall–Kier alpha value is -0.940. The van der Waals surface area contributed by atoms with Crippen LogP contribution >= 0.6 is 31.9 Å². The van der Waals surface area contributed by atoms with E-state index in [2.05, 4.69) is 66.2 Å². The molecule has 20 heavy (non-hydrogen) atoms. The van der Waals surface area contributed by atoms with Gasteiger partial charge in [0, 0.05) is 17.4 Å². The normalized spacial score (nSPS) is 10.6. The molecule has 3 nitrogen and oxygen atoms in total. The van der Waals surface area contributed by atoms with Crippen LogP contribution in [-0.4, -0.2) is 16.5 Å². The number of aryl methyl sites for hydroxylation is 1. The van der Waals surface area contributed by atoms with Gasteiger partial charge in [-0.25, -0.2) is 9.97 Å². The van der Waals surface area contributed by atoms with Gasteiger partial charge in [0.25, 0.3) is 0 Å². The third-order valence-corrected chi connectivity index (χ3v) is 4.36. The van der Waals surface area contributed by atoms with Crippen LogP contribution in [0.3, 0.4) is 0 Å². The number of rotatable bonds is 5. The molecule has 0 saturated heterocycles. The zero-order valence-corrected chi connectivity index (χ0v) is 14.8. The summed E-state index contributed by atoms with van der Waals surface area (Å²) in [5.74, 6) is 1.72. The van der Waals surface area contributed by atoms with Crippen LogP contribution < -0.4 is 5.32 Å². The van der Waals surface area contributed by atoms with E-state index in [-0.39, 0.29) is 0 Å². The van der Waals surface area contributed by atoms with Crippen LogP contribution in [0.25, 0.3) is 0 Å². The van der Waals surface area contributed by atoms with Gasteiger partial charge in [-0.15, -0.1) is 0 Å². The van der Waals surface area contributed by atoms with Crippen LogP contribution in [0.4, 0.5) is 5.82 Å². The van der Waals surface area contributed by atoms with Crippen molar-refractivity contribution < 1.29 is 0 Å². The van der Waals surface area contributed by atoms with Crippen molar-refractivity contribution >= 4 is 37.7 Å². The van der Waals surface area contributed by atoms with E-state index in [9.17, 15) is 0 Å². The summed E-state index contributed by atoms with van der Waals surface area (Å²) >= 11 is 6.99. The molecule has 0 spiro atoms. The minimum atomic E-state index is 0.738. The van der Waals surface area contributed by atoms with E-state index >= 15 is 0 Å². The molecule has 2 aromatic rings. The lowest BCUT2D eigenvalue weighted by molar-refractivity contribution is 0.910. The lowest BCUT2D eigenvalue weighted by Gasteiger charge is -2.10. The molecule has 5 heteroatoms. The van der Waals surface area contributed by atoms with Crippen molar-refractivity contribution in [2.24, 2.45) is 0 Å². The summed E-state index contributed by atoms with van der Waals surface area (Å²) in [7, 11) is 0. The van der Waals surface area contributed by atoms with Crippen molar-refractivity contribution in [3.05, 3.63) is 50.3 Å². The standard InChI is InChI=1S/C15H17Br2N3/c1-3-8-18-15-14(17)10(2)19-13(20-15)9-11-4-6-12(16)7-5-11/h4-7H,3,8-9H2,1-2H3,(H,18,19,20). The molecule has 0 saturated carbocycles. The van der Waals surface area contributed by atoms with Gasteiger partial charge < -0.3 is 5.32 Å². The van der Waals surface area contributed by atoms with Gasteiger partial charge in [-0.3, -0.25) is 0 Å². The predicted molar refractivity (Wildman–Crippen MR) is 90.2 cm³/mol. The molecule has 1 aromatic heterocycles. The fourth-order valence-corrected chi connectivity index (χ4v) is 2.42. The average molecular weight is 399 g/mol. The summed E-state index contributed by atoms with van der Waals surface area (Å²) in [6.07, 6.45) is 1.81. The van der Waals surface area contributed by atoms with Crippen molar-refractivity contribution in [1.29, 1.82) is 0 Å². The first-order valence-electron chi connectivity index (χ1n) is 6.61. The Morgan fingerprint density at radius 3 is 2.45 bits per heavy atom. The highest BCUT2D eigenvalue weighted by molar-refractivity contribution is 9.10. The third-order valence-electron chi connectivity index (χ3n) is 2.88. The van der Waals surface area contributed by atoms with E-state index in [1.165, 1.54) is 5.56 Å². The van der Waals surface area contributed by atoms with E-state index in [4.69, 9.17) is 0 Å². The highest BCUT2D eigenvalue weighted by Crippen LogP contribution is 2.24. The van der Waals surface area contributed by atoms with E-state index in [0.717, 1.165) is 45.7 Å². The first kappa shape index (κ1) is 15.4. The van der Waals surface area contributed by atoms with E-state index in [1.54, 1.807) is 0 Å². The minimum Gasteiger partial charge on any atom is -0.369 e. The van der Waals surface area contributed by atoms with Gasteiger partial charge in [0.05, 0.1) is 10.2 Å². The summed E-state index contributed by atoms with van der Waals surface area (Å²) in [5.41, 5.74) is 2.17. The Kier molecular flexibility index (Phi) is 5.54. The molecular formula is C15H17Br2N3. The quantitative estimate of drug-likeness (QED) is 0.791. The van der Waals surface area contributed by atoms with E-state index < -0.39 is 0 Å². The molecule has 106 valence electrons. The number of benzene rings is 1. The Morgan fingerprint density at radius 2 is 1.80 bits per heavy atom. The molecule has 0 atom stereocenters. The first-order chi connectivity index (χ1) is 9.60. The number of nitrogens with one attached hydrogen (secondary N) is 1. The fourth-order valence-electron chi connectivity index (χ4n) is 1.84. The summed E-state index contributed by atoms with van der Waals surface area (Å²) in [4.78, 5) is 9.16. The highest BCUT2D eigenvalue weighted by Gasteiger charge is 2.09. The van der Waals surface area contributed by atoms with Crippen LogP contribution in [0, 0.1) is 6.92 Å². The van der Waals surface area contributed by atoms with Crippen molar-refractivity contribution in [3.8, 4) is 0 Å². The Morgan fingerprint density at radius 1 is 1.10 bits per heavy atom. The van der Waals surface area contributed by atoms with Crippen LogP contribution in [-0.2, 0) is 6.42 Å². The van der Waals surface area contributed by atoms with Crippen LogP contribution in [0.2, 0.25) is 0 Å². The molecule has 1 heterocycles.